The molecule has 1 aliphatic rings. The maximum Gasteiger partial charge on any atom is 0.338 e. The number of carbonyl (C=O) groups excluding carboxylic acids is 3. The molecule has 0 radical (unpaired) electrons. The number of rotatable bonds is 5. The van der Waals surface area contributed by atoms with Crippen LogP contribution in [0.5, 0.6) is 0 Å². The topological polar surface area (TPSA) is 84.5 Å². The molecule has 2 N–H and O–H groups in total. The Hall–Kier alpha value is -2.80. The first kappa shape index (κ1) is 19.9. The molecule has 2 aromatic carbocycles. The number of ether oxygens (including phenoxy) is 1. The van der Waals surface area contributed by atoms with Crippen molar-refractivity contribution < 1.29 is 19.1 Å². The van der Waals surface area contributed by atoms with Gasteiger partial charge in [-0.25, -0.2) is 4.79 Å². The third-order valence-electron chi connectivity index (χ3n) is 4.27. The van der Waals surface area contributed by atoms with E-state index in [9.17, 15) is 14.4 Å². The Bertz CT molecular complexity index is 894. The summed E-state index contributed by atoms with van der Waals surface area (Å²) in [6.07, 6.45) is 0.428. The summed E-state index contributed by atoms with van der Waals surface area (Å²) in [6.45, 7) is 3.81. The fourth-order valence-electron chi connectivity index (χ4n) is 2.71. The standard InChI is InChI=1S/C21H22N2O4S/c1-13(2)14-3-6-16(7-4-14)22-20(25)12-27-21(26)15-5-8-18-17(11-15)23-19(24)9-10-28-18/h3-8,11,13H,9-10,12H2,1-2H3,(H,22,25)(H,23,24). The van der Waals surface area contributed by atoms with E-state index < -0.39 is 11.9 Å². The molecular formula is C21H22N2O4S. The number of hydrogen-bond acceptors (Lipinski definition) is 5. The van der Waals surface area contributed by atoms with Crippen LogP contribution < -0.4 is 10.6 Å². The van der Waals surface area contributed by atoms with Gasteiger partial charge in [-0.15, -0.1) is 11.8 Å². The van der Waals surface area contributed by atoms with Gasteiger partial charge in [-0.3, -0.25) is 9.59 Å². The third-order valence-corrected chi connectivity index (χ3v) is 5.35. The summed E-state index contributed by atoms with van der Waals surface area (Å²) in [5.41, 5.74) is 2.71. The van der Waals surface area contributed by atoms with E-state index >= 15 is 0 Å². The maximum absolute atomic E-state index is 12.3. The summed E-state index contributed by atoms with van der Waals surface area (Å²) in [4.78, 5) is 36.9. The molecule has 7 heteroatoms. The number of thioether (sulfide) groups is 1. The van der Waals surface area contributed by atoms with Crippen molar-refractivity contribution in [1.82, 2.24) is 0 Å². The number of hydrogen-bond donors (Lipinski definition) is 2. The minimum Gasteiger partial charge on any atom is -0.452 e. The summed E-state index contributed by atoms with van der Waals surface area (Å²) in [5.74, 6) is -0.00341. The third kappa shape index (κ3) is 5.13. The van der Waals surface area contributed by atoms with Gasteiger partial charge in [0.1, 0.15) is 0 Å². The van der Waals surface area contributed by atoms with E-state index in [0.29, 0.717) is 29.5 Å². The summed E-state index contributed by atoms with van der Waals surface area (Å²) in [5, 5.41) is 5.48. The molecule has 3 rings (SSSR count). The highest BCUT2D eigenvalue weighted by molar-refractivity contribution is 7.99. The molecule has 6 nitrogen and oxygen atoms in total. The van der Waals surface area contributed by atoms with Gasteiger partial charge in [-0.05, 0) is 41.8 Å². The molecule has 28 heavy (non-hydrogen) atoms. The van der Waals surface area contributed by atoms with Crippen LogP contribution in [-0.2, 0) is 14.3 Å². The van der Waals surface area contributed by atoms with Gasteiger partial charge in [0, 0.05) is 22.8 Å². The second-order valence-corrected chi connectivity index (χ2v) is 7.90. The number of amides is 2. The van der Waals surface area contributed by atoms with Crippen molar-refractivity contribution in [1.29, 1.82) is 0 Å². The van der Waals surface area contributed by atoms with Crippen LogP contribution in [0, 0.1) is 0 Å². The lowest BCUT2D eigenvalue weighted by molar-refractivity contribution is -0.119. The Morgan fingerprint density at radius 1 is 1.18 bits per heavy atom. The zero-order chi connectivity index (χ0) is 20.1. The van der Waals surface area contributed by atoms with Crippen molar-refractivity contribution in [3.63, 3.8) is 0 Å². The van der Waals surface area contributed by atoms with E-state index in [1.54, 1.807) is 30.0 Å². The number of nitrogens with one attached hydrogen (secondary N) is 2. The Morgan fingerprint density at radius 2 is 1.93 bits per heavy atom. The van der Waals surface area contributed by atoms with Gasteiger partial charge in [0.05, 0.1) is 11.3 Å². The van der Waals surface area contributed by atoms with Crippen LogP contribution >= 0.6 is 11.8 Å². The van der Waals surface area contributed by atoms with Crippen LogP contribution in [0.2, 0.25) is 0 Å². The summed E-state index contributed by atoms with van der Waals surface area (Å²) in [6, 6.07) is 12.5. The highest BCUT2D eigenvalue weighted by Crippen LogP contribution is 2.31. The lowest BCUT2D eigenvalue weighted by Crippen LogP contribution is -2.21. The van der Waals surface area contributed by atoms with Gasteiger partial charge in [0.15, 0.2) is 6.61 Å². The predicted molar refractivity (Wildman–Crippen MR) is 110 cm³/mol. The minimum atomic E-state index is -0.614. The van der Waals surface area contributed by atoms with E-state index in [1.165, 1.54) is 5.56 Å². The number of fused-ring (bicyclic) bond motifs is 1. The van der Waals surface area contributed by atoms with Crippen molar-refractivity contribution in [3.05, 3.63) is 53.6 Å². The van der Waals surface area contributed by atoms with E-state index in [0.717, 1.165) is 4.90 Å². The zero-order valence-electron chi connectivity index (χ0n) is 15.8. The van der Waals surface area contributed by atoms with Crippen LogP contribution in [-0.4, -0.2) is 30.1 Å². The maximum atomic E-state index is 12.3. The summed E-state index contributed by atoms with van der Waals surface area (Å²) in [7, 11) is 0. The number of carbonyl (C=O) groups is 3. The largest absolute Gasteiger partial charge is 0.452 e. The monoisotopic (exact) mass is 398 g/mol. The van der Waals surface area contributed by atoms with Crippen LogP contribution in [0.3, 0.4) is 0 Å². The molecule has 0 fully saturated rings. The molecule has 0 saturated carbocycles. The molecular weight excluding hydrogens is 376 g/mol. The molecule has 0 aliphatic carbocycles. The first-order valence-electron chi connectivity index (χ1n) is 9.06. The van der Waals surface area contributed by atoms with Gasteiger partial charge in [0.25, 0.3) is 5.91 Å². The van der Waals surface area contributed by atoms with Crippen LogP contribution in [0.4, 0.5) is 11.4 Å². The minimum absolute atomic E-state index is 0.0837. The van der Waals surface area contributed by atoms with Crippen molar-refractivity contribution >= 4 is 40.9 Å². The molecule has 0 saturated heterocycles. The molecule has 0 unspecified atom stereocenters. The second kappa shape index (κ2) is 8.93. The molecule has 0 spiro atoms. The Labute approximate surface area is 168 Å². The average molecular weight is 398 g/mol. The smallest absolute Gasteiger partial charge is 0.338 e. The molecule has 0 bridgehead atoms. The summed E-state index contributed by atoms with van der Waals surface area (Å²) >= 11 is 1.56. The molecule has 0 aromatic heterocycles. The molecule has 146 valence electrons. The van der Waals surface area contributed by atoms with Crippen molar-refractivity contribution in [3.8, 4) is 0 Å². The Kier molecular flexibility index (Phi) is 6.36. The Morgan fingerprint density at radius 3 is 2.64 bits per heavy atom. The van der Waals surface area contributed by atoms with E-state index in [1.807, 2.05) is 24.3 Å². The molecule has 2 amide bonds. The van der Waals surface area contributed by atoms with Gasteiger partial charge in [-0.2, -0.15) is 0 Å². The fourth-order valence-corrected chi connectivity index (χ4v) is 3.65. The highest BCUT2D eigenvalue weighted by Gasteiger charge is 2.17. The van der Waals surface area contributed by atoms with Gasteiger partial charge < -0.3 is 15.4 Å². The second-order valence-electron chi connectivity index (χ2n) is 6.76. The SMILES string of the molecule is CC(C)c1ccc(NC(=O)COC(=O)c2ccc3c(c2)NC(=O)CCS3)cc1. The quantitative estimate of drug-likeness (QED) is 0.743. The number of benzene rings is 2. The van der Waals surface area contributed by atoms with Crippen molar-refractivity contribution in [2.75, 3.05) is 23.0 Å². The highest BCUT2D eigenvalue weighted by atomic mass is 32.2. The number of anilines is 2. The molecule has 0 atom stereocenters. The normalized spacial score (nSPS) is 13.3. The van der Waals surface area contributed by atoms with E-state index in [4.69, 9.17) is 4.74 Å². The first-order valence-corrected chi connectivity index (χ1v) is 10.0. The van der Waals surface area contributed by atoms with Gasteiger partial charge in [0.2, 0.25) is 5.91 Å². The van der Waals surface area contributed by atoms with E-state index in [-0.39, 0.29) is 18.1 Å². The molecule has 2 aromatic rings. The van der Waals surface area contributed by atoms with Crippen LogP contribution in [0.25, 0.3) is 0 Å². The van der Waals surface area contributed by atoms with Crippen molar-refractivity contribution in [2.24, 2.45) is 0 Å². The van der Waals surface area contributed by atoms with Crippen LogP contribution in [0.15, 0.2) is 47.4 Å². The van der Waals surface area contributed by atoms with Gasteiger partial charge >= 0.3 is 5.97 Å². The van der Waals surface area contributed by atoms with Crippen LogP contribution in [0.1, 0.15) is 42.1 Å². The van der Waals surface area contributed by atoms with E-state index in [2.05, 4.69) is 24.5 Å². The molecule has 1 heterocycles. The average Bonchev–Trinajstić information content (AvgIpc) is 2.86. The Balaban J connectivity index is 1.56. The number of esters is 1. The van der Waals surface area contributed by atoms with Crippen molar-refractivity contribution in [2.45, 2.75) is 31.1 Å². The molecule has 1 aliphatic heterocycles. The lowest BCUT2D eigenvalue weighted by Gasteiger charge is -2.10. The first-order chi connectivity index (χ1) is 13.4. The van der Waals surface area contributed by atoms with Gasteiger partial charge in [-0.1, -0.05) is 26.0 Å². The fraction of sp³-hybridized carbons (Fsp3) is 0.286. The zero-order valence-corrected chi connectivity index (χ0v) is 16.6. The lowest BCUT2D eigenvalue weighted by atomic mass is 10.0. The summed E-state index contributed by atoms with van der Waals surface area (Å²) < 4.78 is 5.10. The predicted octanol–water partition coefficient (Wildman–Crippen LogP) is 4.04.